The zero-order valence-electron chi connectivity index (χ0n) is 17.2. The Labute approximate surface area is 156 Å². The molecule has 0 unspecified atom stereocenters. The Hall–Kier alpha value is -0.920. The summed E-state index contributed by atoms with van der Waals surface area (Å²) in [6, 6.07) is 1.35. The van der Waals surface area contributed by atoms with E-state index >= 15 is 0 Å². The smallest absolute Gasteiger partial charge is 0.0258 e. The zero-order chi connectivity index (χ0) is 18.4. The largest absolute Gasteiger partial charge is 0.386 e. The van der Waals surface area contributed by atoms with Crippen molar-refractivity contribution in [2.45, 2.75) is 97.6 Å². The maximum Gasteiger partial charge on any atom is 0.0258 e. The molecule has 2 rings (SSSR count). The molecule has 2 aliphatic rings. The van der Waals surface area contributed by atoms with Crippen LogP contribution in [0.4, 0.5) is 0 Å². The van der Waals surface area contributed by atoms with E-state index in [-0.39, 0.29) is 0 Å². The average Bonchev–Trinajstić information content (AvgIpc) is 2.58. The third-order valence-electron chi connectivity index (χ3n) is 6.53. The average molecular weight is 347 g/mol. The summed E-state index contributed by atoms with van der Waals surface area (Å²) in [6.07, 6.45) is 12.4. The van der Waals surface area contributed by atoms with Crippen molar-refractivity contribution in [3.8, 4) is 0 Å². The van der Waals surface area contributed by atoms with E-state index in [9.17, 15) is 0 Å². The van der Waals surface area contributed by atoms with E-state index in [0.717, 1.165) is 11.8 Å². The zero-order valence-corrected chi connectivity index (χ0v) is 17.2. The third-order valence-corrected chi connectivity index (χ3v) is 6.53. The lowest BCUT2D eigenvalue weighted by molar-refractivity contribution is 0.210. The van der Waals surface area contributed by atoms with Gasteiger partial charge in [0.15, 0.2) is 0 Å². The minimum Gasteiger partial charge on any atom is -0.386 e. The molecule has 0 bridgehead atoms. The number of hydrogen-bond donors (Lipinski definition) is 2. The van der Waals surface area contributed by atoms with Crippen LogP contribution in [0.5, 0.6) is 0 Å². The molecule has 2 N–H and O–H groups in total. The summed E-state index contributed by atoms with van der Waals surface area (Å²) in [5.41, 5.74) is 2.44. The van der Waals surface area contributed by atoms with Gasteiger partial charge in [0, 0.05) is 23.5 Å². The predicted molar refractivity (Wildman–Crippen MR) is 110 cm³/mol. The molecule has 2 saturated carbocycles. The van der Waals surface area contributed by atoms with Gasteiger partial charge in [0.1, 0.15) is 0 Å². The minimum atomic E-state index is 0.549. The lowest BCUT2D eigenvalue weighted by Gasteiger charge is -2.35. The van der Waals surface area contributed by atoms with Crippen LogP contribution in [-0.4, -0.2) is 12.1 Å². The van der Waals surface area contributed by atoms with Crippen molar-refractivity contribution >= 4 is 0 Å². The number of hydrogen-bond acceptors (Lipinski definition) is 2. The number of nitrogens with one attached hydrogen (secondary N) is 2. The molecular weight excluding hydrogens is 304 g/mol. The molecule has 0 aromatic heterocycles. The highest BCUT2D eigenvalue weighted by Gasteiger charge is 2.27. The summed E-state index contributed by atoms with van der Waals surface area (Å²) in [7, 11) is 0. The van der Waals surface area contributed by atoms with E-state index in [0.29, 0.717) is 23.9 Å². The molecule has 0 heterocycles. The van der Waals surface area contributed by atoms with Gasteiger partial charge >= 0.3 is 0 Å². The summed E-state index contributed by atoms with van der Waals surface area (Å²) < 4.78 is 0. The van der Waals surface area contributed by atoms with Crippen LogP contribution in [0.3, 0.4) is 0 Å². The highest BCUT2D eigenvalue weighted by Crippen LogP contribution is 2.36. The van der Waals surface area contributed by atoms with Gasteiger partial charge in [-0.1, -0.05) is 40.9 Å². The highest BCUT2D eigenvalue weighted by molar-refractivity contribution is 4.99. The molecule has 2 heteroatoms. The minimum absolute atomic E-state index is 0.549. The van der Waals surface area contributed by atoms with Gasteiger partial charge in [-0.2, -0.15) is 0 Å². The van der Waals surface area contributed by atoms with Crippen LogP contribution in [-0.2, 0) is 0 Å². The van der Waals surface area contributed by atoms with Crippen LogP contribution in [0.1, 0.15) is 85.5 Å². The quantitative estimate of drug-likeness (QED) is 0.562. The predicted octanol–water partition coefficient (Wildman–Crippen LogP) is 6.01. The number of allylic oxidation sites excluding steroid dienone is 2. The van der Waals surface area contributed by atoms with Crippen LogP contribution in [0.25, 0.3) is 0 Å². The molecule has 0 aliphatic heterocycles. The molecule has 0 saturated heterocycles. The summed E-state index contributed by atoms with van der Waals surface area (Å²) in [5.74, 6) is 3.03. The van der Waals surface area contributed by atoms with E-state index in [1.807, 2.05) is 0 Å². The van der Waals surface area contributed by atoms with E-state index in [4.69, 9.17) is 0 Å². The Morgan fingerprint density at radius 2 is 1.00 bits per heavy atom. The standard InChI is InChI=1S/C23H42N2/c1-16(2)18(5)24-22-11-7-20(8-12-22)15-21-9-13-23(14-10-21)25-19(6)17(3)4/h16-17,20-25H,5-15H2,1-4H3. The molecule has 0 spiro atoms. The van der Waals surface area contributed by atoms with Gasteiger partial charge in [-0.05, 0) is 81.5 Å². The Balaban J connectivity index is 1.63. The van der Waals surface area contributed by atoms with Gasteiger partial charge in [0.05, 0.1) is 0 Å². The fraction of sp³-hybridized carbons (Fsp3) is 0.826. The molecule has 0 amide bonds. The molecule has 2 fully saturated rings. The Kier molecular flexibility index (Phi) is 7.90. The van der Waals surface area contributed by atoms with Crippen LogP contribution in [0.2, 0.25) is 0 Å². The Bertz CT molecular complexity index is 381. The van der Waals surface area contributed by atoms with Crippen molar-refractivity contribution in [3.05, 3.63) is 24.6 Å². The maximum atomic E-state index is 4.18. The lowest BCUT2D eigenvalue weighted by Crippen LogP contribution is -2.35. The summed E-state index contributed by atoms with van der Waals surface area (Å²) in [5, 5.41) is 7.33. The molecule has 2 nitrogen and oxygen atoms in total. The van der Waals surface area contributed by atoms with Gasteiger partial charge < -0.3 is 10.6 Å². The van der Waals surface area contributed by atoms with Crippen molar-refractivity contribution in [3.63, 3.8) is 0 Å². The fourth-order valence-corrected chi connectivity index (χ4v) is 4.41. The molecule has 0 aromatic carbocycles. The lowest BCUT2D eigenvalue weighted by atomic mass is 9.75. The molecule has 2 aliphatic carbocycles. The first-order valence-corrected chi connectivity index (χ1v) is 10.8. The summed E-state index contributed by atoms with van der Waals surface area (Å²) in [6.45, 7) is 17.3. The van der Waals surface area contributed by atoms with Crippen molar-refractivity contribution in [2.24, 2.45) is 23.7 Å². The molecular formula is C23H42N2. The maximum absolute atomic E-state index is 4.18. The van der Waals surface area contributed by atoms with Gasteiger partial charge in [-0.3, -0.25) is 0 Å². The monoisotopic (exact) mass is 346 g/mol. The van der Waals surface area contributed by atoms with Crippen molar-refractivity contribution in [1.29, 1.82) is 0 Å². The van der Waals surface area contributed by atoms with Crippen LogP contribution in [0, 0.1) is 23.7 Å². The first kappa shape index (κ1) is 20.4. The summed E-state index contributed by atoms with van der Waals surface area (Å²) >= 11 is 0. The van der Waals surface area contributed by atoms with Gasteiger partial charge in [-0.15, -0.1) is 0 Å². The van der Waals surface area contributed by atoms with Crippen molar-refractivity contribution in [2.75, 3.05) is 0 Å². The number of rotatable bonds is 8. The highest BCUT2D eigenvalue weighted by atomic mass is 14.9. The van der Waals surface area contributed by atoms with Crippen molar-refractivity contribution in [1.82, 2.24) is 10.6 Å². The van der Waals surface area contributed by atoms with Crippen LogP contribution >= 0.6 is 0 Å². The molecule has 25 heavy (non-hydrogen) atoms. The van der Waals surface area contributed by atoms with Crippen LogP contribution < -0.4 is 10.6 Å². The molecule has 0 radical (unpaired) electrons. The first-order chi connectivity index (χ1) is 11.8. The second kappa shape index (κ2) is 9.69. The topological polar surface area (TPSA) is 24.1 Å². The van der Waals surface area contributed by atoms with Gasteiger partial charge in [0.25, 0.3) is 0 Å². The molecule has 0 atom stereocenters. The molecule has 0 aromatic rings. The van der Waals surface area contributed by atoms with Crippen LogP contribution in [0.15, 0.2) is 24.6 Å². The Morgan fingerprint density at radius 3 is 1.28 bits per heavy atom. The SMILES string of the molecule is C=C(NC1CCC(CC2CCC(NC(=C)C(C)C)CC2)CC1)C(C)C. The summed E-state index contributed by atoms with van der Waals surface area (Å²) in [4.78, 5) is 0. The van der Waals surface area contributed by atoms with E-state index in [2.05, 4.69) is 51.5 Å². The van der Waals surface area contributed by atoms with E-state index in [1.165, 1.54) is 69.2 Å². The van der Waals surface area contributed by atoms with E-state index in [1.54, 1.807) is 0 Å². The van der Waals surface area contributed by atoms with Gasteiger partial charge in [-0.25, -0.2) is 0 Å². The van der Waals surface area contributed by atoms with Gasteiger partial charge in [0.2, 0.25) is 0 Å². The Morgan fingerprint density at radius 1 is 0.680 bits per heavy atom. The third kappa shape index (κ3) is 6.72. The van der Waals surface area contributed by atoms with Crippen molar-refractivity contribution < 1.29 is 0 Å². The fourth-order valence-electron chi connectivity index (χ4n) is 4.41. The molecule has 144 valence electrons. The first-order valence-electron chi connectivity index (χ1n) is 10.8. The van der Waals surface area contributed by atoms with E-state index < -0.39 is 0 Å². The second-order valence-corrected chi connectivity index (χ2v) is 9.32. The second-order valence-electron chi connectivity index (χ2n) is 9.32. The normalized spacial score (nSPS) is 30.3.